The molecular formula is C30H32O6. The summed E-state index contributed by atoms with van der Waals surface area (Å²) in [6.07, 6.45) is -0.132. The second kappa shape index (κ2) is 11.9. The molecule has 4 aromatic rings. The van der Waals surface area contributed by atoms with Crippen molar-refractivity contribution in [1.82, 2.24) is 0 Å². The molecular weight excluding hydrogens is 456 g/mol. The average molecular weight is 489 g/mol. The van der Waals surface area contributed by atoms with Crippen molar-refractivity contribution < 1.29 is 28.5 Å². The first-order valence-corrected chi connectivity index (χ1v) is 12.0. The monoisotopic (exact) mass is 488 g/mol. The van der Waals surface area contributed by atoms with Crippen molar-refractivity contribution in [3.05, 3.63) is 83.9 Å². The van der Waals surface area contributed by atoms with Gasteiger partial charge in [0.25, 0.3) is 0 Å². The van der Waals surface area contributed by atoms with E-state index in [-0.39, 0.29) is 38.0 Å². The van der Waals surface area contributed by atoms with Gasteiger partial charge in [-0.05, 0) is 76.9 Å². The van der Waals surface area contributed by atoms with E-state index in [0.717, 1.165) is 44.2 Å². The van der Waals surface area contributed by atoms with E-state index in [1.165, 1.54) is 0 Å². The Balaban J connectivity index is 1.20. The molecule has 4 rings (SSSR count). The zero-order valence-electron chi connectivity index (χ0n) is 21.2. The number of esters is 1. The van der Waals surface area contributed by atoms with E-state index in [4.69, 9.17) is 23.7 Å². The van der Waals surface area contributed by atoms with Crippen LogP contribution in [0.25, 0.3) is 21.5 Å². The topological polar surface area (TPSA) is 63.2 Å². The van der Waals surface area contributed by atoms with Crippen molar-refractivity contribution in [1.29, 1.82) is 0 Å². The van der Waals surface area contributed by atoms with Gasteiger partial charge in [0.05, 0.1) is 32.8 Å². The molecule has 0 unspecified atom stereocenters. The van der Waals surface area contributed by atoms with Gasteiger partial charge < -0.3 is 23.7 Å². The molecule has 0 spiro atoms. The molecule has 0 aliphatic carbocycles. The number of methoxy groups -OCH3 is 2. The Morgan fingerprint density at radius 1 is 0.694 bits per heavy atom. The molecule has 0 fully saturated rings. The standard InChI is InChI=1S/C30H32O6/c1-20(22-5-7-26-17-28(32-3)11-9-24(26)15-22)30(31)35-14-13-34-19-36-21(2)23-6-8-27-18-29(33-4)12-10-25(27)16-23/h5-12,15-18,20-21H,13-14,19H2,1-4H3/t20-,21+/m0/s1. The van der Waals surface area contributed by atoms with Gasteiger partial charge >= 0.3 is 5.97 Å². The molecule has 6 nitrogen and oxygen atoms in total. The first-order chi connectivity index (χ1) is 17.5. The molecule has 6 heteroatoms. The van der Waals surface area contributed by atoms with Crippen LogP contribution >= 0.6 is 0 Å². The Morgan fingerprint density at radius 3 is 1.83 bits per heavy atom. The van der Waals surface area contributed by atoms with Crippen LogP contribution in [-0.2, 0) is 19.0 Å². The van der Waals surface area contributed by atoms with Gasteiger partial charge in [0.2, 0.25) is 0 Å². The highest BCUT2D eigenvalue weighted by Gasteiger charge is 2.17. The molecule has 188 valence electrons. The van der Waals surface area contributed by atoms with Gasteiger partial charge in [-0.2, -0.15) is 0 Å². The molecule has 0 saturated carbocycles. The zero-order chi connectivity index (χ0) is 25.5. The van der Waals surface area contributed by atoms with E-state index >= 15 is 0 Å². The van der Waals surface area contributed by atoms with Crippen LogP contribution in [0.1, 0.15) is 37.0 Å². The van der Waals surface area contributed by atoms with E-state index in [1.54, 1.807) is 14.2 Å². The third-order valence-corrected chi connectivity index (χ3v) is 6.34. The van der Waals surface area contributed by atoms with Crippen LogP contribution in [0.15, 0.2) is 72.8 Å². The van der Waals surface area contributed by atoms with Crippen LogP contribution < -0.4 is 9.47 Å². The third kappa shape index (κ3) is 6.14. The Bertz CT molecular complexity index is 1330. The van der Waals surface area contributed by atoms with Crippen molar-refractivity contribution in [2.45, 2.75) is 25.9 Å². The molecule has 0 heterocycles. The van der Waals surface area contributed by atoms with Gasteiger partial charge in [-0.1, -0.05) is 42.5 Å². The maximum atomic E-state index is 12.5. The minimum atomic E-state index is -0.374. The van der Waals surface area contributed by atoms with Crippen molar-refractivity contribution in [3.8, 4) is 11.5 Å². The van der Waals surface area contributed by atoms with Gasteiger partial charge in [-0.25, -0.2) is 0 Å². The highest BCUT2D eigenvalue weighted by Crippen LogP contribution is 2.27. The summed E-state index contributed by atoms with van der Waals surface area (Å²) in [7, 11) is 3.31. The fraction of sp³-hybridized carbons (Fsp3) is 0.300. The van der Waals surface area contributed by atoms with E-state index < -0.39 is 0 Å². The Hall–Kier alpha value is -3.61. The molecule has 36 heavy (non-hydrogen) atoms. The number of carbonyl (C=O) groups excluding carboxylic acids is 1. The van der Waals surface area contributed by atoms with E-state index in [2.05, 4.69) is 12.1 Å². The van der Waals surface area contributed by atoms with Crippen LogP contribution in [0.4, 0.5) is 0 Å². The molecule has 0 amide bonds. The number of carbonyl (C=O) groups is 1. The lowest BCUT2D eigenvalue weighted by molar-refractivity contribution is -0.149. The molecule has 0 aliphatic heterocycles. The number of fused-ring (bicyclic) bond motifs is 2. The minimum absolute atomic E-state index is 0.114. The lowest BCUT2D eigenvalue weighted by atomic mass is 9.98. The third-order valence-electron chi connectivity index (χ3n) is 6.34. The predicted octanol–water partition coefficient (Wildman–Crippen LogP) is 6.41. The van der Waals surface area contributed by atoms with Crippen molar-refractivity contribution in [2.24, 2.45) is 0 Å². The normalized spacial score (nSPS) is 12.9. The van der Waals surface area contributed by atoms with Crippen LogP contribution in [-0.4, -0.2) is 40.2 Å². The van der Waals surface area contributed by atoms with E-state index in [9.17, 15) is 4.79 Å². The lowest BCUT2D eigenvalue weighted by Gasteiger charge is -2.15. The number of hydrogen-bond acceptors (Lipinski definition) is 6. The molecule has 0 radical (unpaired) electrons. The summed E-state index contributed by atoms with van der Waals surface area (Å²) in [6, 6.07) is 24.0. The lowest BCUT2D eigenvalue weighted by Crippen LogP contribution is -2.17. The Labute approximate surface area is 211 Å². The van der Waals surface area contributed by atoms with Crippen LogP contribution in [0.3, 0.4) is 0 Å². The van der Waals surface area contributed by atoms with Crippen molar-refractivity contribution in [2.75, 3.05) is 34.2 Å². The number of hydrogen-bond donors (Lipinski definition) is 0. The van der Waals surface area contributed by atoms with E-state index in [0.29, 0.717) is 0 Å². The highest BCUT2D eigenvalue weighted by molar-refractivity contribution is 5.87. The highest BCUT2D eigenvalue weighted by atomic mass is 16.7. The molecule has 0 N–H and O–H groups in total. The second-order valence-corrected chi connectivity index (χ2v) is 8.67. The second-order valence-electron chi connectivity index (χ2n) is 8.67. The molecule has 0 aliphatic rings. The molecule has 0 aromatic heterocycles. The smallest absolute Gasteiger partial charge is 0.313 e. The summed E-state index contributed by atoms with van der Waals surface area (Å²) in [5.41, 5.74) is 1.97. The molecule has 4 aromatic carbocycles. The van der Waals surface area contributed by atoms with Gasteiger partial charge in [-0.15, -0.1) is 0 Å². The summed E-state index contributed by atoms with van der Waals surface area (Å²) in [4.78, 5) is 12.5. The predicted molar refractivity (Wildman–Crippen MR) is 141 cm³/mol. The fourth-order valence-corrected chi connectivity index (χ4v) is 4.03. The summed E-state index contributed by atoms with van der Waals surface area (Å²) < 4.78 is 27.3. The number of ether oxygens (including phenoxy) is 5. The first-order valence-electron chi connectivity index (χ1n) is 12.0. The van der Waals surface area contributed by atoms with E-state index in [1.807, 2.05) is 74.5 Å². The summed E-state index contributed by atoms with van der Waals surface area (Å²) in [5, 5.41) is 4.34. The number of benzene rings is 4. The summed E-state index contributed by atoms with van der Waals surface area (Å²) >= 11 is 0. The van der Waals surface area contributed by atoms with Crippen LogP contribution in [0, 0.1) is 0 Å². The fourth-order valence-electron chi connectivity index (χ4n) is 4.03. The van der Waals surface area contributed by atoms with Gasteiger partial charge in [0.1, 0.15) is 24.9 Å². The summed E-state index contributed by atoms with van der Waals surface area (Å²) in [6.45, 7) is 4.38. The molecule has 0 saturated heterocycles. The quantitative estimate of drug-likeness (QED) is 0.138. The maximum absolute atomic E-state index is 12.5. The van der Waals surface area contributed by atoms with Gasteiger partial charge in [0.15, 0.2) is 0 Å². The SMILES string of the molecule is COc1ccc2cc([C@H](C)C(=O)OCCOCO[C@H](C)c3ccc4cc(OC)ccc4c3)ccc2c1. The first kappa shape index (κ1) is 25.5. The van der Waals surface area contributed by atoms with Crippen LogP contribution in [0.5, 0.6) is 11.5 Å². The van der Waals surface area contributed by atoms with Crippen molar-refractivity contribution >= 4 is 27.5 Å². The maximum Gasteiger partial charge on any atom is 0.313 e. The van der Waals surface area contributed by atoms with Gasteiger partial charge in [0, 0.05) is 0 Å². The van der Waals surface area contributed by atoms with Gasteiger partial charge in [-0.3, -0.25) is 4.79 Å². The number of rotatable bonds is 11. The average Bonchev–Trinajstić information content (AvgIpc) is 2.92. The molecule has 2 atom stereocenters. The van der Waals surface area contributed by atoms with Crippen LogP contribution in [0.2, 0.25) is 0 Å². The zero-order valence-corrected chi connectivity index (χ0v) is 21.2. The Kier molecular flexibility index (Phi) is 8.41. The Morgan fingerprint density at radius 2 is 1.22 bits per heavy atom. The summed E-state index contributed by atoms with van der Waals surface area (Å²) in [5.74, 6) is 0.981. The molecule has 0 bridgehead atoms. The minimum Gasteiger partial charge on any atom is -0.497 e. The largest absolute Gasteiger partial charge is 0.497 e. The van der Waals surface area contributed by atoms with Crippen molar-refractivity contribution in [3.63, 3.8) is 0 Å².